The molecule has 0 radical (unpaired) electrons. The number of hydrogen-bond donors (Lipinski definition) is 2. The van der Waals surface area contributed by atoms with Gasteiger partial charge in [0.15, 0.2) is 0 Å². The molecule has 2 aromatic rings. The minimum atomic E-state index is -0.609. The summed E-state index contributed by atoms with van der Waals surface area (Å²) in [5, 5.41) is 5.90. The van der Waals surface area contributed by atoms with Crippen LogP contribution in [0.1, 0.15) is 52.5 Å². The summed E-state index contributed by atoms with van der Waals surface area (Å²) in [4.78, 5) is 27.8. The third kappa shape index (κ3) is 5.32. The normalized spacial score (nSPS) is 13.1. The Kier molecular flexibility index (Phi) is 7.02. The molecule has 6 heteroatoms. The number of benzene rings is 1. The predicted octanol–water partition coefficient (Wildman–Crippen LogP) is 4.01. The van der Waals surface area contributed by atoms with Crippen molar-refractivity contribution in [1.82, 2.24) is 10.6 Å². The number of carbonyl (C=O) groups is 2. The Morgan fingerprint density at radius 2 is 1.67 bits per heavy atom. The fourth-order valence-corrected chi connectivity index (χ4v) is 3.99. The van der Waals surface area contributed by atoms with Crippen LogP contribution in [-0.2, 0) is 4.79 Å². The van der Waals surface area contributed by atoms with E-state index in [9.17, 15) is 9.59 Å². The van der Waals surface area contributed by atoms with E-state index in [1.807, 2.05) is 20.8 Å². The molecule has 2 atom stereocenters. The van der Waals surface area contributed by atoms with Crippen LogP contribution in [-0.4, -0.2) is 25.0 Å². The molecule has 2 N–H and O–H groups in total. The predicted molar refractivity (Wildman–Crippen MR) is 109 cm³/mol. The van der Waals surface area contributed by atoms with Crippen LogP contribution in [0.4, 0.5) is 0 Å². The van der Waals surface area contributed by atoms with E-state index < -0.39 is 6.04 Å². The van der Waals surface area contributed by atoms with Crippen LogP contribution < -0.4 is 15.4 Å². The summed E-state index contributed by atoms with van der Waals surface area (Å²) < 4.78 is 5.11. The minimum Gasteiger partial charge on any atom is -0.497 e. The van der Waals surface area contributed by atoms with Crippen molar-refractivity contribution in [2.45, 2.75) is 46.7 Å². The summed E-state index contributed by atoms with van der Waals surface area (Å²) >= 11 is 1.72. The maximum atomic E-state index is 12.8. The highest BCUT2D eigenvalue weighted by Crippen LogP contribution is 2.26. The van der Waals surface area contributed by atoms with Gasteiger partial charge >= 0.3 is 0 Å². The van der Waals surface area contributed by atoms with Crippen LogP contribution in [0.15, 0.2) is 30.3 Å². The lowest BCUT2D eigenvalue weighted by Gasteiger charge is -2.24. The molecule has 0 aliphatic heterocycles. The maximum Gasteiger partial charge on any atom is 0.251 e. The zero-order valence-electron chi connectivity index (χ0n) is 16.8. The largest absolute Gasteiger partial charge is 0.497 e. The fraction of sp³-hybridized carbons (Fsp3) is 0.429. The Morgan fingerprint density at radius 1 is 1.04 bits per heavy atom. The summed E-state index contributed by atoms with van der Waals surface area (Å²) in [7, 11) is 1.58. The van der Waals surface area contributed by atoms with Gasteiger partial charge in [0.2, 0.25) is 5.91 Å². The molecule has 0 saturated carbocycles. The first kappa shape index (κ1) is 21.0. The molecule has 0 spiro atoms. The minimum absolute atomic E-state index is 0.0373. The number of ether oxygens (including phenoxy) is 1. The molecule has 0 unspecified atom stereocenters. The standard InChI is InChI=1S/C21H28N2O3S/c1-12(2)19(23-20(24)16-7-9-17(26-6)10-8-16)21(25)22-14(4)18-11-13(3)27-15(18)5/h7-12,14,19H,1-6H3,(H,22,25)(H,23,24)/t14-,19-/m0/s1. The highest BCUT2D eigenvalue weighted by Gasteiger charge is 2.26. The lowest BCUT2D eigenvalue weighted by Crippen LogP contribution is -2.50. The summed E-state index contributed by atoms with van der Waals surface area (Å²) in [6.07, 6.45) is 0. The van der Waals surface area contributed by atoms with Gasteiger partial charge in [-0.05, 0) is 62.6 Å². The van der Waals surface area contributed by atoms with Crippen LogP contribution >= 0.6 is 11.3 Å². The van der Waals surface area contributed by atoms with Crippen molar-refractivity contribution < 1.29 is 14.3 Å². The first-order valence-corrected chi connectivity index (χ1v) is 9.86. The van der Waals surface area contributed by atoms with Gasteiger partial charge in [-0.25, -0.2) is 0 Å². The van der Waals surface area contributed by atoms with E-state index in [2.05, 4.69) is 30.5 Å². The summed E-state index contributed by atoms with van der Waals surface area (Å²) in [5.41, 5.74) is 1.61. The van der Waals surface area contributed by atoms with Crippen molar-refractivity contribution in [3.05, 3.63) is 51.2 Å². The first-order chi connectivity index (χ1) is 12.7. The van der Waals surface area contributed by atoms with Crippen LogP contribution in [0, 0.1) is 19.8 Å². The number of hydrogen-bond acceptors (Lipinski definition) is 4. The van der Waals surface area contributed by atoms with E-state index in [0.717, 1.165) is 5.56 Å². The van der Waals surface area contributed by atoms with Gasteiger partial charge in [-0.1, -0.05) is 13.8 Å². The van der Waals surface area contributed by atoms with E-state index in [1.165, 1.54) is 9.75 Å². The van der Waals surface area contributed by atoms with Crippen LogP contribution in [0.2, 0.25) is 0 Å². The molecule has 0 fully saturated rings. The molecule has 2 amide bonds. The molecule has 0 aliphatic rings. The van der Waals surface area contributed by atoms with Crippen LogP contribution in [0.5, 0.6) is 5.75 Å². The average Bonchev–Trinajstić information content (AvgIpc) is 2.97. The second-order valence-electron chi connectivity index (χ2n) is 7.02. The number of nitrogens with one attached hydrogen (secondary N) is 2. The van der Waals surface area contributed by atoms with Crippen LogP contribution in [0.25, 0.3) is 0 Å². The van der Waals surface area contributed by atoms with Gasteiger partial charge in [-0.15, -0.1) is 11.3 Å². The summed E-state index contributed by atoms with van der Waals surface area (Å²) in [6, 6.07) is 8.20. The van der Waals surface area contributed by atoms with E-state index >= 15 is 0 Å². The van der Waals surface area contributed by atoms with E-state index in [-0.39, 0.29) is 23.8 Å². The summed E-state index contributed by atoms with van der Waals surface area (Å²) in [6.45, 7) is 9.92. The van der Waals surface area contributed by atoms with Gasteiger partial charge in [0.25, 0.3) is 5.91 Å². The molecule has 5 nitrogen and oxygen atoms in total. The Morgan fingerprint density at radius 3 is 2.15 bits per heavy atom. The zero-order chi connectivity index (χ0) is 20.1. The van der Waals surface area contributed by atoms with E-state index in [1.54, 1.807) is 42.7 Å². The van der Waals surface area contributed by atoms with Crippen molar-refractivity contribution >= 4 is 23.2 Å². The number of aryl methyl sites for hydroxylation is 2. The molecular weight excluding hydrogens is 360 g/mol. The van der Waals surface area contributed by atoms with Gasteiger partial charge in [-0.3, -0.25) is 9.59 Å². The number of methoxy groups -OCH3 is 1. The zero-order valence-corrected chi connectivity index (χ0v) is 17.6. The Bertz CT molecular complexity index is 796. The topological polar surface area (TPSA) is 67.4 Å². The number of amides is 2. The second-order valence-corrected chi connectivity index (χ2v) is 8.48. The van der Waals surface area contributed by atoms with E-state index in [4.69, 9.17) is 4.74 Å². The quantitative estimate of drug-likeness (QED) is 0.753. The monoisotopic (exact) mass is 388 g/mol. The lowest BCUT2D eigenvalue weighted by atomic mass is 10.0. The highest BCUT2D eigenvalue weighted by molar-refractivity contribution is 7.12. The number of carbonyl (C=O) groups excluding carboxylic acids is 2. The fourth-order valence-electron chi connectivity index (χ4n) is 2.96. The van der Waals surface area contributed by atoms with Crippen molar-refractivity contribution in [3.8, 4) is 5.75 Å². The number of rotatable bonds is 7. The van der Waals surface area contributed by atoms with Gasteiger partial charge in [-0.2, -0.15) is 0 Å². The molecule has 0 saturated heterocycles. The smallest absolute Gasteiger partial charge is 0.251 e. The molecular formula is C21H28N2O3S. The van der Waals surface area contributed by atoms with Crippen molar-refractivity contribution in [2.24, 2.45) is 5.92 Å². The molecule has 1 heterocycles. The Balaban J connectivity index is 2.07. The molecule has 0 aliphatic carbocycles. The van der Waals surface area contributed by atoms with Gasteiger partial charge in [0.1, 0.15) is 11.8 Å². The maximum absolute atomic E-state index is 12.8. The van der Waals surface area contributed by atoms with Gasteiger partial charge < -0.3 is 15.4 Å². The van der Waals surface area contributed by atoms with Crippen molar-refractivity contribution in [1.29, 1.82) is 0 Å². The molecule has 0 bridgehead atoms. The second kappa shape index (κ2) is 9.04. The Hall–Kier alpha value is -2.34. The lowest BCUT2D eigenvalue weighted by molar-refractivity contribution is -0.124. The third-order valence-electron chi connectivity index (χ3n) is 4.49. The third-order valence-corrected chi connectivity index (χ3v) is 5.47. The average molecular weight is 389 g/mol. The van der Waals surface area contributed by atoms with Gasteiger partial charge in [0.05, 0.1) is 13.2 Å². The van der Waals surface area contributed by atoms with Crippen molar-refractivity contribution in [2.75, 3.05) is 7.11 Å². The molecule has 1 aromatic heterocycles. The van der Waals surface area contributed by atoms with Gasteiger partial charge in [0, 0.05) is 15.3 Å². The molecule has 146 valence electrons. The highest BCUT2D eigenvalue weighted by atomic mass is 32.1. The van der Waals surface area contributed by atoms with E-state index in [0.29, 0.717) is 11.3 Å². The summed E-state index contributed by atoms with van der Waals surface area (Å²) in [5.74, 6) is 0.189. The first-order valence-electron chi connectivity index (χ1n) is 9.05. The number of thiophene rings is 1. The molecule has 2 rings (SSSR count). The SMILES string of the molecule is COc1ccc(C(=O)N[C@H](C(=O)N[C@@H](C)c2cc(C)sc2C)C(C)C)cc1. The van der Waals surface area contributed by atoms with Crippen LogP contribution in [0.3, 0.4) is 0 Å². The van der Waals surface area contributed by atoms with Crippen molar-refractivity contribution in [3.63, 3.8) is 0 Å². The Labute approximate surface area is 165 Å². The molecule has 1 aromatic carbocycles. The molecule has 27 heavy (non-hydrogen) atoms.